The van der Waals surface area contributed by atoms with Crippen molar-refractivity contribution in [2.45, 2.75) is 77.0 Å². The number of ketones is 1. The SMILES string of the molecule is Cc1cc(C2CC2)ccc1NC(=O)N1CCCC1.O=C(c1ccc(-c2ccc(NC=C3CCC3)cc2)cc1)C1CCC1. The molecule has 4 aliphatic rings. The summed E-state index contributed by atoms with van der Waals surface area (Å²) in [5.41, 5.74) is 9.37. The Morgan fingerprint density at radius 1 is 0.786 bits per heavy atom. The van der Waals surface area contributed by atoms with Gasteiger partial charge < -0.3 is 15.5 Å². The van der Waals surface area contributed by atoms with Gasteiger partial charge in [0.1, 0.15) is 0 Å². The van der Waals surface area contributed by atoms with Gasteiger partial charge in [-0.2, -0.15) is 0 Å². The lowest BCUT2D eigenvalue weighted by Crippen LogP contribution is -2.32. The van der Waals surface area contributed by atoms with Crippen LogP contribution in [-0.2, 0) is 0 Å². The zero-order valence-corrected chi connectivity index (χ0v) is 24.8. The standard InChI is InChI=1S/C22H23NO.C15H20N2O/c24-22(19-5-2-6-19)20-9-7-17(8-10-20)18-11-13-21(14-12-18)23-15-16-3-1-4-16;1-11-10-13(12-4-5-12)6-7-14(11)16-15(18)17-8-2-3-9-17/h7-15,19,23H,1-6H2;6-7,10,12H,2-5,8-9H2,1H3,(H,16,18). The molecule has 7 rings (SSSR count). The number of allylic oxidation sites excluding steroid dienone is 1. The molecule has 3 saturated carbocycles. The molecule has 218 valence electrons. The number of carbonyl (C=O) groups excluding carboxylic acids is 2. The van der Waals surface area contributed by atoms with Crippen LogP contribution in [0.25, 0.3) is 11.1 Å². The van der Waals surface area contributed by atoms with Crippen molar-refractivity contribution in [1.82, 2.24) is 4.90 Å². The maximum absolute atomic E-state index is 12.3. The molecular weight excluding hydrogens is 518 g/mol. The molecule has 3 aromatic carbocycles. The molecule has 1 aliphatic heterocycles. The number of urea groups is 1. The summed E-state index contributed by atoms with van der Waals surface area (Å²) in [6.45, 7) is 3.86. The van der Waals surface area contributed by atoms with E-state index in [9.17, 15) is 9.59 Å². The highest BCUT2D eigenvalue weighted by Crippen LogP contribution is 2.41. The van der Waals surface area contributed by atoms with E-state index in [-0.39, 0.29) is 11.9 Å². The Labute approximate surface area is 250 Å². The molecule has 0 radical (unpaired) electrons. The van der Waals surface area contributed by atoms with Crippen LogP contribution in [0.1, 0.15) is 91.6 Å². The van der Waals surface area contributed by atoms with E-state index in [1.165, 1.54) is 60.8 Å². The highest BCUT2D eigenvalue weighted by atomic mass is 16.2. The van der Waals surface area contributed by atoms with Crippen molar-refractivity contribution in [1.29, 1.82) is 0 Å². The third-order valence-electron chi connectivity index (χ3n) is 9.24. The molecule has 3 aliphatic carbocycles. The molecule has 4 fully saturated rings. The Morgan fingerprint density at radius 2 is 1.45 bits per heavy atom. The maximum atomic E-state index is 12.3. The van der Waals surface area contributed by atoms with Gasteiger partial charge in [0.2, 0.25) is 0 Å². The molecular formula is C37H43N3O2. The fraction of sp³-hybridized carbons (Fsp3) is 0.405. The van der Waals surface area contributed by atoms with Crippen LogP contribution in [0.3, 0.4) is 0 Å². The highest BCUT2D eigenvalue weighted by molar-refractivity contribution is 5.98. The second-order valence-electron chi connectivity index (χ2n) is 12.4. The van der Waals surface area contributed by atoms with Crippen LogP contribution < -0.4 is 10.6 Å². The van der Waals surface area contributed by atoms with Crippen LogP contribution in [-0.4, -0.2) is 29.8 Å². The molecule has 2 amide bonds. The van der Waals surface area contributed by atoms with E-state index in [0.717, 1.165) is 67.2 Å². The van der Waals surface area contributed by atoms with Crippen molar-refractivity contribution in [2.24, 2.45) is 5.92 Å². The number of nitrogens with one attached hydrogen (secondary N) is 2. The third kappa shape index (κ3) is 6.95. The minimum absolute atomic E-state index is 0.0507. The van der Waals surface area contributed by atoms with Crippen LogP contribution in [0, 0.1) is 12.8 Å². The Kier molecular flexibility index (Phi) is 8.73. The van der Waals surface area contributed by atoms with Crippen molar-refractivity contribution in [3.8, 4) is 11.1 Å². The molecule has 0 aromatic heterocycles. The van der Waals surface area contributed by atoms with E-state index in [0.29, 0.717) is 5.78 Å². The number of carbonyl (C=O) groups is 2. The van der Waals surface area contributed by atoms with Crippen LogP contribution in [0.15, 0.2) is 78.5 Å². The van der Waals surface area contributed by atoms with Crippen molar-refractivity contribution in [3.63, 3.8) is 0 Å². The summed E-state index contributed by atoms with van der Waals surface area (Å²) in [6.07, 6.45) is 14.2. The first-order valence-electron chi connectivity index (χ1n) is 15.9. The minimum atomic E-state index is 0.0507. The van der Waals surface area contributed by atoms with Gasteiger partial charge in [0.25, 0.3) is 0 Å². The van der Waals surface area contributed by atoms with Crippen molar-refractivity contribution >= 4 is 23.2 Å². The van der Waals surface area contributed by atoms with Gasteiger partial charge in [0.05, 0.1) is 0 Å². The molecule has 0 spiro atoms. The van der Waals surface area contributed by atoms with Crippen LogP contribution >= 0.6 is 0 Å². The number of rotatable bonds is 7. The van der Waals surface area contributed by atoms with Crippen LogP contribution in [0.2, 0.25) is 0 Å². The quantitative estimate of drug-likeness (QED) is 0.283. The second kappa shape index (κ2) is 13.0. The normalized spacial score (nSPS) is 17.8. The first kappa shape index (κ1) is 28.3. The average Bonchev–Trinajstić information content (AvgIpc) is 3.66. The van der Waals surface area contributed by atoms with Crippen molar-refractivity contribution in [2.75, 3.05) is 23.7 Å². The van der Waals surface area contributed by atoms with Gasteiger partial charge in [-0.1, -0.05) is 60.5 Å². The predicted molar refractivity (Wildman–Crippen MR) is 172 cm³/mol. The largest absolute Gasteiger partial charge is 0.362 e. The van der Waals surface area contributed by atoms with E-state index in [1.807, 2.05) is 17.0 Å². The summed E-state index contributed by atoms with van der Waals surface area (Å²) < 4.78 is 0. The summed E-state index contributed by atoms with van der Waals surface area (Å²) in [4.78, 5) is 26.2. The Hall–Kier alpha value is -3.86. The van der Waals surface area contributed by atoms with Crippen molar-refractivity contribution in [3.05, 3.63) is 95.2 Å². The number of benzene rings is 3. The lowest BCUT2D eigenvalue weighted by molar-refractivity contribution is 0.0855. The smallest absolute Gasteiger partial charge is 0.321 e. The van der Waals surface area contributed by atoms with E-state index in [1.54, 1.807) is 0 Å². The number of hydrogen-bond acceptors (Lipinski definition) is 3. The Morgan fingerprint density at radius 3 is 2.00 bits per heavy atom. The number of likely N-dealkylation sites (tertiary alicyclic amines) is 1. The summed E-state index contributed by atoms with van der Waals surface area (Å²) in [5, 5.41) is 6.39. The number of aryl methyl sites for hydroxylation is 1. The zero-order chi connectivity index (χ0) is 28.9. The topological polar surface area (TPSA) is 61.4 Å². The van der Waals surface area contributed by atoms with Gasteiger partial charge in [-0.25, -0.2) is 4.79 Å². The predicted octanol–water partition coefficient (Wildman–Crippen LogP) is 9.32. The van der Waals surface area contributed by atoms with Crippen LogP contribution in [0.4, 0.5) is 16.2 Å². The molecule has 1 heterocycles. The Bertz CT molecular complexity index is 1420. The minimum Gasteiger partial charge on any atom is -0.362 e. The van der Waals surface area contributed by atoms with E-state index < -0.39 is 0 Å². The van der Waals surface area contributed by atoms with Crippen molar-refractivity contribution < 1.29 is 9.59 Å². The van der Waals surface area contributed by atoms with E-state index in [2.05, 4.69) is 78.4 Å². The lowest BCUT2D eigenvalue weighted by atomic mass is 9.80. The number of amides is 2. The van der Waals surface area contributed by atoms with Crippen LogP contribution in [0.5, 0.6) is 0 Å². The number of Topliss-reactive ketones (excluding diaryl/α,β-unsaturated/α-hetero) is 1. The second-order valence-corrected chi connectivity index (χ2v) is 12.4. The first-order chi connectivity index (χ1) is 20.5. The molecule has 1 saturated heterocycles. The average molecular weight is 562 g/mol. The van der Waals surface area contributed by atoms with Gasteiger partial charge in [-0.3, -0.25) is 4.79 Å². The van der Waals surface area contributed by atoms with Gasteiger partial charge >= 0.3 is 6.03 Å². The summed E-state index contributed by atoms with van der Waals surface area (Å²) in [5.74, 6) is 1.36. The summed E-state index contributed by atoms with van der Waals surface area (Å²) in [7, 11) is 0. The zero-order valence-electron chi connectivity index (χ0n) is 24.8. The van der Waals surface area contributed by atoms with E-state index in [4.69, 9.17) is 0 Å². The molecule has 5 heteroatoms. The number of anilines is 2. The number of hydrogen-bond donors (Lipinski definition) is 2. The first-order valence-corrected chi connectivity index (χ1v) is 15.9. The molecule has 42 heavy (non-hydrogen) atoms. The van der Waals surface area contributed by atoms with Gasteiger partial charge in [-0.15, -0.1) is 0 Å². The fourth-order valence-electron chi connectivity index (χ4n) is 5.81. The highest BCUT2D eigenvalue weighted by Gasteiger charge is 2.26. The van der Waals surface area contributed by atoms with Gasteiger partial charge in [-0.05, 0) is 111 Å². The van der Waals surface area contributed by atoms with Gasteiger partial charge in [0.15, 0.2) is 5.78 Å². The molecule has 0 atom stereocenters. The molecule has 0 bridgehead atoms. The lowest BCUT2D eigenvalue weighted by Gasteiger charge is -2.23. The molecule has 5 nitrogen and oxygen atoms in total. The Balaban J connectivity index is 0.000000157. The van der Waals surface area contributed by atoms with E-state index >= 15 is 0 Å². The monoisotopic (exact) mass is 561 g/mol. The fourth-order valence-corrected chi connectivity index (χ4v) is 5.81. The van der Waals surface area contributed by atoms with Gasteiger partial charge in [0, 0.05) is 42.1 Å². The molecule has 0 unspecified atom stereocenters. The maximum Gasteiger partial charge on any atom is 0.321 e. The summed E-state index contributed by atoms with van der Waals surface area (Å²) >= 11 is 0. The number of nitrogens with zero attached hydrogens (tertiary/aromatic N) is 1. The molecule has 2 N–H and O–H groups in total. The third-order valence-corrected chi connectivity index (χ3v) is 9.24. The molecule has 3 aromatic rings. The summed E-state index contributed by atoms with van der Waals surface area (Å²) in [6, 6.07) is 23.0.